The van der Waals surface area contributed by atoms with Crippen LogP contribution in [0.1, 0.15) is 31.2 Å². The Morgan fingerprint density at radius 3 is 2.52 bits per heavy atom. The highest BCUT2D eigenvalue weighted by molar-refractivity contribution is 6.09. The molecule has 0 saturated heterocycles. The number of aromatic nitrogens is 3. The molecule has 4 heterocycles. The van der Waals surface area contributed by atoms with Gasteiger partial charge in [0.25, 0.3) is 0 Å². The van der Waals surface area contributed by atoms with E-state index in [1.807, 2.05) is 0 Å². The van der Waals surface area contributed by atoms with Crippen molar-refractivity contribution in [1.82, 2.24) is 19.3 Å². The minimum atomic E-state index is 0.392. The molecular weight excluding hydrogens is 406 g/mol. The summed E-state index contributed by atoms with van der Waals surface area (Å²) < 4.78 is 2.24. The van der Waals surface area contributed by atoms with Crippen molar-refractivity contribution in [3.8, 4) is 0 Å². The molecule has 0 unspecified atom stereocenters. The maximum Gasteiger partial charge on any atom is 0.147 e. The largest absolute Gasteiger partial charge is 0.358 e. The van der Waals surface area contributed by atoms with E-state index in [0.29, 0.717) is 5.92 Å². The van der Waals surface area contributed by atoms with Gasteiger partial charge in [0.2, 0.25) is 0 Å². The second-order valence-electron chi connectivity index (χ2n) is 9.04. The number of hydrogen-bond acceptors (Lipinski definition) is 4. The van der Waals surface area contributed by atoms with Gasteiger partial charge in [-0.15, -0.1) is 0 Å². The quantitative estimate of drug-likeness (QED) is 0.321. The summed E-state index contributed by atoms with van der Waals surface area (Å²) in [6.07, 6.45) is 7.41. The fraction of sp³-hybridized carbons (Fsp3) is 0.214. The van der Waals surface area contributed by atoms with E-state index >= 15 is 0 Å². The first kappa shape index (κ1) is 19.8. The maximum atomic E-state index is 5.06. The van der Waals surface area contributed by atoms with Crippen LogP contribution in [0.15, 0.2) is 85.3 Å². The predicted molar refractivity (Wildman–Crippen MR) is 135 cm³/mol. The summed E-state index contributed by atoms with van der Waals surface area (Å²) in [7, 11) is 0. The molecule has 0 fully saturated rings. The van der Waals surface area contributed by atoms with Crippen molar-refractivity contribution in [2.24, 2.45) is 0 Å². The zero-order chi connectivity index (χ0) is 22.4. The van der Waals surface area contributed by atoms with Gasteiger partial charge >= 0.3 is 0 Å². The Balaban J connectivity index is 1.32. The highest BCUT2D eigenvalue weighted by Crippen LogP contribution is 2.30. The highest BCUT2D eigenvalue weighted by Gasteiger charge is 2.16. The summed E-state index contributed by atoms with van der Waals surface area (Å²) in [4.78, 5) is 14.7. The number of imidazole rings is 1. The van der Waals surface area contributed by atoms with E-state index in [4.69, 9.17) is 9.97 Å². The van der Waals surface area contributed by atoms with Crippen molar-refractivity contribution in [1.29, 1.82) is 0 Å². The van der Waals surface area contributed by atoms with E-state index in [0.717, 1.165) is 53.1 Å². The molecule has 0 amide bonds. The first-order valence-corrected chi connectivity index (χ1v) is 11.6. The monoisotopic (exact) mass is 433 g/mol. The van der Waals surface area contributed by atoms with Crippen molar-refractivity contribution in [3.05, 3.63) is 96.7 Å². The van der Waals surface area contributed by atoms with Gasteiger partial charge in [0.15, 0.2) is 0 Å². The Hall–Kier alpha value is -3.86. The van der Waals surface area contributed by atoms with Crippen LogP contribution in [0, 0.1) is 0 Å². The van der Waals surface area contributed by atoms with Crippen molar-refractivity contribution < 1.29 is 0 Å². The van der Waals surface area contributed by atoms with E-state index < -0.39 is 0 Å². The third-order valence-corrected chi connectivity index (χ3v) is 6.46. The topological polar surface area (TPSA) is 36.7 Å². The van der Waals surface area contributed by atoms with Crippen molar-refractivity contribution in [3.63, 3.8) is 0 Å². The number of nitrogens with zero attached hydrogens (tertiary/aromatic N) is 5. The molecule has 0 atom stereocenters. The van der Waals surface area contributed by atoms with Gasteiger partial charge in [-0.05, 0) is 36.2 Å². The predicted octanol–water partition coefficient (Wildman–Crippen LogP) is 5.95. The zero-order valence-corrected chi connectivity index (χ0v) is 19.0. The number of para-hydroxylation sites is 2. The SMILES string of the molecule is CC(C)c1ccc2c(n1)c1ccccc1n1cc(CCN3C=CN(c4ccccc4)C3)nc21. The molecular formula is C28H27N5. The van der Waals surface area contributed by atoms with Crippen LogP contribution in [0.25, 0.3) is 27.5 Å². The van der Waals surface area contributed by atoms with Crippen molar-refractivity contribution >= 4 is 33.1 Å². The first-order valence-electron chi connectivity index (χ1n) is 11.6. The number of benzene rings is 2. The lowest BCUT2D eigenvalue weighted by Gasteiger charge is -2.21. The van der Waals surface area contributed by atoms with E-state index in [9.17, 15) is 0 Å². The summed E-state index contributed by atoms with van der Waals surface area (Å²) in [5, 5.41) is 2.29. The summed E-state index contributed by atoms with van der Waals surface area (Å²) in [5.41, 5.74) is 6.63. The van der Waals surface area contributed by atoms with Gasteiger partial charge < -0.3 is 9.80 Å². The van der Waals surface area contributed by atoms with Crippen LogP contribution >= 0.6 is 0 Å². The minimum absolute atomic E-state index is 0.392. The molecule has 0 spiro atoms. The summed E-state index contributed by atoms with van der Waals surface area (Å²) >= 11 is 0. The molecule has 3 aromatic heterocycles. The Labute approximate surface area is 193 Å². The fourth-order valence-electron chi connectivity index (χ4n) is 4.64. The lowest BCUT2D eigenvalue weighted by atomic mass is 10.1. The van der Waals surface area contributed by atoms with Crippen LogP contribution in [0.4, 0.5) is 5.69 Å². The standard InChI is InChI=1S/C28H27N5/c1-20(2)25-13-12-24-27(30-25)23-10-6-7-11-26(23)33-18-21(29-28(24)33)14-15-31-16-17-32(19-31)22-8-4-3-5-9-22/h3-13,16-18,20H,14-15,19H2,1-2H3. The third kappa shape index (κ3) is 3.50. The van der Waals surface area contributed by atoms with Gasteiger partial charge in [0.1, 0.15) is 5.65 Å². The molecule has 5 aromatic rings. The summed E-state index contributed by atoms with van der Waals surface area (Å²) in [6, 6.07) is 23.3. The Bertz CT molecular complexity index is 1480. The van der Waals surface area contributed by atoms with Crippen LogP contribution in [0.2, 0.25) is 0 Å². The maximum absolute atomic E-state index is 5.06. The molecule has 5 nitrogen and oxygen atoms in total. The molecule has 6 rings (SSSR count). The van der Waals surface area contributed by atoms with Crippen LogP contribution in [0.5, 0.6) is 0 Å². The molecule has 2 aromatic carbocycles. The number of pyridine rings is 2. The lowest BCUT2D eigenvalue weighted by molar-refractivity contribution is 0.409. The van der Waals surface area contributed by atoms with Gasteiger partial charge in [-0.2, -0.15) is 0 Å². The van der Waals surface area contributed by atoms with Gasteiger partial charge in [-0.25, -0.2) is 4.98 Å². The summed E-state index contributed by atoms with van der Waals surface area (Å²) in [6.45, 7) is 6.17. The molecule has 164 valence electrons. The Morgan fingerprint density at radius 2 is 1.67 bits per heavy atom. The smallest absolute Gasteiger partial charge is 0.147 e. The van der Waals surface area contributed by atoms with E-state index in [1.165, 1.54) is 11.1 Å². The van der Waals surface area contributed by atoms with E-state index in [1.54, 1.807) is 0 Å². The zero-order valence-electron chi connectivity index (χ0n) is 19.0. The molecule has 5 heteroatoms. The molecule has 0 aliphatic carbocycles. The van der Waals surface area contributed by atoms with Crippen molar-refractivity contribution in [2.45, 2.75) is 26.2 Å². The molecule has 0 bridgehead atoms. The van der Waals surface area contributed by atoms with Crippen LogP contribution in [-0.2, 0) is 6.42 Å². The average Bonchev–Trinajstić information content (AvgIpc) is 3.51. The second kappa shape index (κ2) is 7.93. The van der Waals surface area contributed by atoms with E-state index in [-0.39, 0.29) is 0 Å². The number of hydrogen-bond donors (Lipinski definition) is 0. The second-order valence-corrected chi connectivity index (χ2v) is 9.04. The van der Waals surface area contributed by atoms with Gasteiger partial charge in [-0.1, -0.05) is 50.2 Å². The van der Waals surface area contributed by atoms with Crippen LogP contribution in [0.3, 0.4) is 0 Å². The third-order valence-electron chi connectivity index (χ3n) is 6.46. The average molecular weight is 434 g/mol. The fourth-order valence-corrected chi connectivity index (χ4v) is 4.64. The van der Waals surface area contributed by atoms with Crippen LogP contribution < -0.4 is 4.90 Å². The van der Waals surface area contributed by atoms with Gasteiger partial charge in [0.05, 0.1) is 23.4 Å². The highest BCUT2D eigenvalue weighted by atomic mass is 15.3. The van der Waals surface area contributed by atoms with E-state index in [2.05, 4.69) is 113 Å². The molecule has 0 N–H and O–H groups in total. The van der Waals surface area contributed by atoms with Gasteiger partial charge in [-0.3, -0.25) is 9.38 Å². The number of fused-ring (bicyclic) bond motifs is 6. The normalized spacial score (nSPS) is 13.9. The summed E-state index contributed by atoms with van der Waals surface area (Å²) in [5.74, 6) is 0.392. The first-order chi connectivity index (χ1) is 16.2. The molecule has 1 aliphatic heterocycles. The Morgan fingerprint density at radius 1 is 0.848 bits per heavy atom. The van der Waals surface area contributed by atoms with Crippen molar-refractivity contribution in [2.75, 3.05) is 18.1 Å². The lowest BCUT2D eigenvalue weighted by Crippen LogP contribution is -2.26. The number of rotatable bonds is 5. The Kier molecular flexibility index (Phi) is 4.75. The molecule has 1 aliphatic rings. The number of anilines is 1. The van der Waals surface area contributed by atoms with Crippen LogP contribution in [-0.4, -0.2) is 32.5 Å². The molecule has 0 saturated carbocycles. The molecule has 0 radical (unpaired) electrons. The van der Waals surface area contributed by atoms with Gasteiger partial charge in [0, 0.05) is 53.7 Å². The molecule has 33 heavy (non-hydrogen) atoms. The minimum Gasteiger partial charge on any atom is -0.358 e.